The van der Waals surface area contributed by atoms with Crippen molar-refractivity contribution in [1.82, 2.24) is 5.32 Å². The van der Waals surface area contributed by atoms with Crippen molar-refractivity contribution >= 4 is 5.78 Å². The summed E-state index contributed by atoms with van der Waals surface area (Å²) in [6.45, 7) is 9.51. The molecular formula is C15H23NO2. The third-order valence-electron chi connectivity index (χ3n) is 2.47. The minimum absolute atomic E-state index is 0.0491. The molecule has 1 rings (SSSR count). The van der Waals surface area contributed by atoms with Crippen LogP contribution in [0.15, 0.2) is 24.3 Å². The Kier molecular flexibility index (Phi) is 5.35. The van der Waals surface area contributed by atoms with Gasteiger partial charge in [-0.1, -0.05) is 12.1 Å². The molecule has 0 atom stereocenters. The van der Waals surface area contributed by atoms with Crippen molar-refractivity contribution in [3.8, 4) is 5.75 Å². The summed E-state index contributed by atoms with van der Waals surface area (Å²) in [7, 11) is 0. The highest BCUT2D eigenvalue weighted by Crippen LogP contribution is 2.14. The summed E-state index contributed by atoms with van der Waals surface area (Å²) in [4.78, 5) is 12.0. The zero-order valence-corrected chi connectivity index (χ0v) is 11.7. The standard InChI is InChI=1S/C15H23NO2/c1-5-18-13-8-6-7-12(11-13)14(17)9-10-16-15(2,3)4/h6-8,11,16H,5,9-10H2,1-4H3. The van der Waals surface area contributed by atoms with Gasteiger partial charge >= 0.3 is 0 Å². The second-order valence-electron chi connectivity index (χ2n) is 5.31. The number of rotatable bonds is 6. The van der Waals surface area contributed by atoms with Crippen molar-refractivity contribution in [1.29, 1.82) is 0 Å². The minimum atomic E-state index is 0.0491. The summed E-state index contributed by atoms with van der Waals surface area (Å²) < 4.78 is 5.39. The Labute approximate surface area is 110 Å². The van der Waals surface area contributed by atoms with E-state index in [4.69, 9.17) is 4.74 Å². The van der Waals surface area contributed by atoms with Crippen LogP contribution in [0.5, 0.6) is 5.75 Å². The predicted molar refractivity (Wildman–Crippen MR) is 74.3 cm³/mol. The molecule has 3 nitrogen and oxygen atoms in total. The van der Waals surface area contributed by atoms with Gasteiger partial charge in [0.2, 0.25) is 0 Å². The highest BCUT2D eigenvalue weighted by Gasteiger charge is 2.11. The summed E-state index contributed by atoms with van der Waals surface area (Å²) in [5, 5.41) is 3.31. The Morgan fingerprint density at radius 2 is 2.06 bits per heavy atom. The lowest BCUT2D eigenvalue weighted by Crippen LogP contribution is -2.37. The molecule has 0 aromatic heterocycles. The molecule has 100 valence electrons. The zero-order chi connectivity index (χ0) is 13.6. The maximum atomic E-state index is 12.0. The lowest BCUT2D eigenvalue weighted by atomic mass is 10.1. The average molecular weight is 249 g/mol. The van der Waals surface area contributed by atoms with Crippen LogP contribution in [0.3, 0.4) is 0 Å². The number of nitrogens with one attached hydrogen (secondary N) is 1. The summed E-state index contributed by atoms with van der Waals surface area (Å²) in [6.07, 6.45) is 0.507. The number of benzene rings is 1. The van der Waals surface area contributed by atoms with Gasteiger partial charge in [-0.25, -0.2) is 0 Å². The number of ketones is 1. The first kappa shape index (κ1) is 14.7. The van der Waals surface area contributed by atoms with Crippen molar-refractivity contribution in [3.05, 3.63) is 29.8 Å². The van der Waals surface area contributed by atoms with E-state index in [9.17, 15) is 4.79 Å². The summed E-state index contributed by atoms with van der Waals surface area (Å²) >= 11 is 0. The smallest absolute Gasteiger partial charge is 0.164 e. The van der Waals surface area contributed by atoms with Crippen molar-refractivity contribution in [2.75, 3.05) is 13.2 Å². The second-order valence-corrected chi connectivity index (χ2v) is 5.31. The Bertz CT molecular complexity index is 394. The largest absolute Gasteiger partial charge is 0.494 e. The molecule has 0 fully saturated rings. The fourth-order valence-corrected chi connectivity index (χ4v) is 1.62. The molecule has 0 spiro atoms. The third kappa shape index (κ3) is 5.32. The molecule has 1 aromatic carbocycles. The van der Waals surface area contributed by atoms with Gasteiger partial charge in [0.1, 0.15) is 5.75 Å². The van der Waals surface area contributed by atoms with Gasteiger partial charge in [-0.05, 0) is 39.8 Å². The molecule has 0 heterocycles. The van der Waals surface area contributed by atoms with Crippen LogP contribution in [0.2, 0.25) is 0 Å². The Morgan fingerprint density at radius 3 is 2.67 bits per heavy atom. The van der Waals surface area contributed by atoms with Crippen LogP contribution >= 0.6 is 0 Å². The molecule has 0 radical (unpaired) electrons. The minimum Gasteiger partial charge on any atom is -0.494 e. The topological polar surface area (TPSA) is 38.3 Å². The van der Waals surface area contributed by atoms with Gasteiger partial charge in [0.25, 0.3) is 0 Å². The molecule has 0 amide bonds. The SMILES string of the molecule is CCOc1cccc(C(=O)CCNC(C)(C)C)c1. The molecule has 0 saturated carbocycles. The first-order valence-corrected chi connectivity index (χ1v) is 6.43. The van der Waals surface area contributed by atoms with Gasteiger partial charge in [0.05, 0.1) is 6.61 Å². The summed E-state index contributed by atoms with van der Waals surface area (Å²) in [6, 6.07) is 7.37. The summed E-state index contributed by atoms with van der Waals surface area (Å²) in [5.41, 5.74) is 0.768. The van der Waals surface area contributed by atoms with E-state index >= 15 is 0 Å². The monoisotopic (exact) mass is 249 g/mol. The third-order valence-corrected chi connectivity index (χ3v) is 2.47. The van der Waals surface area contributed by atoms with Crippen LogP contribution in [0.25, 0.3) is 0 Å². The molecule has 0 saturated heterocycles. The maximum absolute atomic E-state index is 12.0. The fraction of sp³-hybridized carbons (Fsp3) is 0.533. The van der Waals surface area contributed by atoms with Gasteiger partial charge in [-0.2, -0.15) is 0 Å². The number of carbonyl (C=O) groups excluding carboxylic acids is 1. The second kappa shape index (κ2) is 6.55. The highest BCUT2D eigenvalue weighted by molar-refractivity contribution is 5.96. The van der Waals surface area contributed by atoms with E-state index < -0.39 is 0 Å². The van der Waals surface area contributed by atoms with Crippen molar-refractivity contribution in [2.45, 2.75) is 39.7 Å². The molecule has 3 heteroatoms. The molecule has 0 aliphatic carbocycles. The quantitative estimate of drug-likeness (QED) is 0.787. The molecule has 0 bridgehead atoms. The van der Waals surface area contributed by atoms with E-state index in [2.05, 4.69) is 26.1 Å². The van der Waals surface area contributed by atoms with E-state index in [-0.39, 0.29) is 11.3 Å². The van der Waals surface area contributed by atoms with Crippen molar-refractivity contribution in [2.24, 2.45) is 0 Å². The first-order valence-electron chi connectivity index (χ1n) is 6.43. The number of carbonyl (C=O) groups is 1. The number of hydrogen-bond donors (Lipinski definition) is 1. The number of Topliss-reactive ketones (excluding diaryl/α,β-unsaturated/α-hetero) is 1. The molecule has 1 N–H and O–H groups in total. The zero-order valence-electron chi connectivity index (χ0n) is 11.7. The Hall–Kier alpha value is -1.35. The summed E-state index contributed by atoms with van der Waals surface area (Å²) in [5.74, 6) is 0.903. The van der Waals surface area contributed by atoms with E-state index in [0.717, 1.165) is 11.3 Å². The van der Waals surface area contributed by atoms with Gasteiger partial charge in [-0.15, -0.1) is 0 Å². The molecule has 18 heavy (non-hydrogen) atoms. The molecule has 0 aliphatic heterocycles. The van der Waals surface area contributed by atoms with Gasteiger partial charge in [-0.3, -0.25) is 4.79 Å². The fourth-order valence-electron chi connectivity index (χ4n) is 1.62. The molecular weight excluding hydrogens is 226 g/mol. The van der Waals surface area contributed by atoms with Crippen molar-refractivity contribution in [3.63, 3.8) is 0 Å². The van der Waals surface area contributed by atoms with Gasteiger partial charge < -0.3 is 10.1 Å². The van der Waals surface area contributed by atoms with Crippen LogP contribution in [0, 0.1) is 0 Å². The van der Waals surface area contributed by atoms with Crippen LogP contribution in [-0.2, 0) is 0 Å². The number of hydrogen-bond acceptors (Lipinski definition) is 3. The molecule has 0 unspecified atom stereocenters. The van der Waals surface area contributed by atoms with Crippen molar-refractivity contribution < 1.29 is 9.53 Å². The predicted octanol–water partition coefficient (Wildman–Crippen LogP) is 3.05. The van der Waals surface area contributed by atoms with E-state index in [0.29, 0.717) is 19.6 Å². The van der Waals surface area contributed by atoms with Gasteiger partial charge in [0.15, 0.2) is 5.78 Å². The van der Waals surface area contributed by atoms with Gasteiger partial charge in [0, 0.05) is 24.1 Å². The normalized spacial score (nSPS) is 11.3. The van der Waals surface area contributed by atoms with E-state index in [1.54, 1.807) is 0 Å². The van der Waals surface area contributed by atoms with Crippen LogP contribution in [-0.4, -0.2) is 24.5 Å². The molecule has 0 aliphatic rings. The molecule has 1 aromatic rings. The van der Waals surface area contributed by atoms with E-state index in [1.807, 2.05) is 31.2 Å². The van der Waals surface area contributed by atoms with Crippen LogP contribution in [0.1, 0.15) is 44.5 Å². The van der Waals surface area contributed by atoms with Crippen LogP contribution in [0.4, 0.5) is 0 Å². The first-order chi connectivity index (χ1) is 8.42. The Balaban J connectivity index is 2.53. The number of ether oxygens (including phenoxy) is 1. The van der Waals surface area contributed by atoms with E-state index in [1.165, 1.54) is 0 Å². The lowest BCUT2D eigenvalue weighted by molar-refractivity contribution is 0.0980. The average Bonchev–Trinajstić information content (AvgIpc) is 2.28. The maximum Gasteiger partial charge on any atom is 0.164 e. The Morgan fingerprint density at radius 1 is 1.33 bits per heavy atom. The lowest BCUT2D eigenvalue weighted by Gasteiger charge is -2.20. The van der Waals surface area contributed by atoms with Crippen LogP contribution < -0.4 is 10.1 Å². The highest BCUT2D eigenvalue weighted by atomic mass is 16.5.